The lowest BCUT2D eigenvalue weighted by Crippen LogP contribution is -2.36. The first-order valence-electron chi connectivity index (χ1n) is 7.96. The summed E-state index contributed by atoms with van der Waals surface area (Å²) < 4.78 is 0. The first kappa shape index (κ1) is 13.4. The van der Waals surface area contributed by atoms with Crippen LogP contribution in [0.15, 0.2) is 24.4 Å². The van der Waals surface area contributed by atoms with E-state index in [0.717, 1.165) is 35.6 Å². The van der Waals surface area contributed by atoms with Gasteiger partial charge in [0.05, 0.1) is 5.52 Å². The monoisotopic (exact) mass is 294 g/mol. The zero-order chi connectivity index (χ0) is 15.1. The van der Waals surface area contributed by atoms with Crippen molar-refractivity contribution in [1.29, 1.82) is 0 Å². The number of carbonyl (C=O) groups is 2. The molecule has 1 aliphatic heterocycles. The zero-order valence-corrected chi connectivity index (χ0v) is 12.4. The van der Waals surface area contributed by atoms with Crippen LogP contribution >= 0.6 is 0 Å². The second kappa shape index (κ2) is 5.20. The molecule has 112 valence electrons. The average Bonchev–Trinajstić information content (AvgIpc) is 2.92. The number of fused-ring (bicyclic) bond motifs is 3. The van der Waals surface area contributed by atoms with Crippen molar-refractivity contribution in [2.24, 2.45) is 0 Å². The Morgan fingerprint density at radius 3 is 2.82 bits per heavy atom. The third-order valence-corrected chi connectivity index (χ3v) is 4.99. The molecule has 0 bridgehead atoms. The number of rotatable bonds is 2. The molecule has 1 fully saturated rings. The van der Waals surface area contributed by atoms with E-state index in [9.17, 15) is 9.59 Å². The number of hydrogen-bond donors (Lipinski definition) is 0. The molecule has 1 aromatic heterocycles. The van der Waals surface area contributed by atoms with Crippen LogP contribution in [0.5, 0.6) is 0 Å². The maximum Gasteiger partial charge on any atom is 0.254 e. The van der Waals surface area contributed by atoms with Gasteiger partial charge < -0.3 is 4.90 Å². The molecule has 0 spiro atoms. The summed E-state index contributed by atoms with van der Waals surface area (Å²) >= 11 is 0. The molecule has 0 atom stereocenters. The highest BCUT2D eigenvalue weighted by atomic mass is 16.2. The quantitative estimate of drug-likeness (QED) is 0.798. The Labute approximate surface area is 129 Å². The Morgan fingerprint density at radius 1 is 1.23 bits per heavy atom. The van der Waals surface area contributed by atoms with Gasteiger partial charge in [-0.1, -0.05) is 25.3 Å². The summed E-state index contributed by atoms with van der Waals surface area (Å²) in [7, 11) is 0. The Bertz CT molecular complexity index is 763. The number of benzene rings is 1. The highest BCUT2D eigenvalue weighted by Gasteiger charge is 2.35. The topological polar surface area (TPSA) is 50.3 Å². The van der Waals surface area contributed by atoms with Gasteiger partial charge in [0.2, 0.25) is 0 Å². The second-order valence-electron chi connectivity index (χ2n) is 6.23. The minimum Gasteiger partial charge on any atom is -0.331 e. The van der Waals surface area contributed by atoms with E-state index >= 15 is 0 Å². The molecule has 0 N–H and O–H groups in total. The third-order valence-electron chi connectivity index (χ3n) is 4.99. The molecule has 4 nitrogen and oxygen atoms in total. The van der Waals surface area contributed by atoms with Gasteiger partial charge in [-0.05, 0) is 25.0 Å². The number of hydrogen-bond acceptors (Lipinski definition) is 3. The number of carbonyl (C=O) groups excluding carboxylic acids is 2. The summed E-state index contributed by atoms with van der Waals surface area (Å²) in [4.78, 5) is 30.6. The van der Waals surface area contributed by atoms with Crippen LogP contribution in [0.3, 0.4) is 0 Å². The first-order chi connectivity index (χ1) is 10.8. The average molecular weight is 294 g/mol. The van der Waals surface area contributed by atoms with E-state index in [1.165, 1.54) is 19.3 Å². The maximum absolute atomic E-state index is 12.8. The van der Waals surface area contributed by atoms with Crippen LogP contribution in [0.1, 0.15) is 58.4 Å². The molecule has 4 rings (SSSR count). The second-order valence-corrected chi connectivity index (χ2v) is 6.23. The van der Waals surface area contributed by atoms with Crippen LogP contribution < -0.4 is 0 Å². The van der Waals surface area contributed by atoms with E-state index in [-0.39, 0.29) is 5.91 Å². The third kappa shape index (κ3) is 1.94. The number of amides is 1. The Balaban J connectivity index is 1.82. The number of nitrogens with zero attached hydrogens (tertiary/aromatic N) is 2. The lowest BCUT2D eigenvalue weighted by molar-refractivity contribution is 0.0660. The largest absolute Gasteiger partial charge is 0.331 e. The van der Waals surface area contributed by atoms with Crippen molar-refractivity contribution in [2.45, 2.75) is 44.7 Å². The molecule has 2 aromatic rings. The number of aldehydes is 1. The predicted octanol–water partition coefficient (Wildman–Crippen LogP) is 3.34. The van der Waals surface area contributed by atoms with Gasteiger partial charge in [-0.2, -0.15) is 0 Å². The lowest BCUT2D eigenvalue weighted by atomic mass is 9.94. The van der Waals surface area contributed by atoms with E-state index < -0.39 is 0 Å². The fourth-order valence-corrected chi connectivity index (χ4v) is 3.86. The summed E-state index contributed by atoms with van der Waals surface area (Å²) in [5, 5.41) is 0.842. The van der Waals surface area contributed by atoms with Gasteiger partial charge in [-0.25, -0.2) is 0 Å². The van der Waals surface area contributed by atoms with Crippen LogP contribution in [-0.2, 0) is 6.54 Å². The smallest absolute Gasteiger partial charge is 0.254 e. The highest BCUT2D eigenvalue weighted by Crippen LogP contribution is 2.35. The molecule has 0 radical (unpaired) electrons. The van der Waals surface area contributed by atoms with Gasteiger partial charge in [0.1, 0.15) is 0 Å². The summed E-state index contributed by atoms with van der Waals surface area (Å²) in [6, 6.07) is 5.82. The molecule has 22 heavy (non-hydrogen) atoms. The fraction of sp³-hybridized carbons (Fsp3) is 0.389. The van der Waals surface area contributed by atoms with E-state index in [1.54, 1.807) is 12.3 Å². The van der Waals surface area contributed by atoms with Gasteiger partial charge in [0.25, 0.3) is 5.91 Å². The predicted molar refractivity (Wildman–Crippen MR) is 83.9 cm³/mol. The van der Waals surface area contributed by atoms with Gasteiger partial charge in [0, 0.05) is 40.9 Å². The summed E-state index contributed by atoms with van der Waals surface area (Å²) in [5.41, 5.74) is 3.00. The maximum atomic E-state index is 12.8. The van der Waals surface area contributed by atoms with Crippen LogP contribution in [-0.4, -0.2) is 28.1 Å². The van der Waals surface area contributed by atoms with Crippen molar-refractivity contribution in [3.05, 3.63) is 41.1 Å². The fourth-order valence-electron chi connectivity index (χ4n) is 3.86. The van der Waals surface area contributed by atoms with E-state index in [1.807, 2.05) is 17.0 Å². The molecule has 2 aliphatic rings. The molecular weight excluding hydrogens is 276 g/mol. The SMILES string of the molecule is O=Cc1cc2c(c3ncccc13)CN(C1CCCCC1)C2=O. The van der Waals surface area contributed by atoms with E-state index in [2.05, 4.69) is 4.98 Å². The highest BCUT2D eigenvalue weighted by molar-refractivity contribution is 6.08. The zero-order valence-electron chi connectivity index (χ0n) is 12.4. The van der Waals surface area contributed by atoms with Gasteiger partial charge in [-0.15, -0.1) is 0 Å². The molecule has 0 saturated heterocycles. The molecule has 1 saturated carbocycles. The van der Waals surface area contributed by atoms with Crippen molar-refractivity contribution in [3.8, 4) is 0 Å². The van der Waals surface area contributed by atoms with Crippen LogP contribution in [0.2, 0.25) is 0 Å². The molecule has 2 heterocycles. The normalized spacial score (nSPS) is 18.7. The van der Waals surface area contributed by atoms with Gasteiger partial charge >= 0.3 is 0 Å². The number of aromatic nitrogens is 1. The molecule has 4 heteroatoms. The van der Waals surface area contributed by atoms with Gasteiger partial charge in [-0.3, -0.25) is 14.6 Å². The first-order valence-corrected chi connectivity index (χ1v) is 7.96. The summed E-state index contributed by atoms with van der Waals surface area (Å²) in [6.45, 7) is 0.630. The molecular formula is C18H18N2O2. The Hall–Kier alpha value is -2.23. The molecule has 0 unspecified atom stereocenters. The van der Waals surface area contributed by atoms with Crippen molar-refractivity contribution in [3.63, 3.8) is 0 Å². The van der Waals surface area contributed by atoms with Gasteiger partial charge in [0.15, 0.2) is 6.29 Å². The summed E-state index contributed by atoms with van der Waals surface area (Å²) in [6.07, 6.45) is 8.39. The molecule has 1 amide bonds. The molecule has 1 aromatic carbocycles. The van der Waals surface area contributed by atoms with E-state index in [0.29, 0.717) is 23.7 Å². The molecule has 1 aliphatic carbocycles. The Morgan fingerprint density at radius 2 is 2.05 bits per heavy atom. The standard InChI is InChI=1S/C18H18N2O2/c21-11-12-9-15-16(17-14(12)7-4-8-19-17)10-20(18(15)22)13-5-2-1-3-6-13/h4,7-9,11,13H,1-3,5-6,10H2. The summed E-state index contributed by atoms with van der Waals surface area (Å²) in [5.74, 6) is 0.0672. The van der Waals surface area contributed by atoms with Crippen LogP contribution in [0.4, 0.5) is 0 Å². The van der Waals surface area contributed by atoms with E-state index in [4.69, 9.17) is 0 Å². The van der Waals surface area contributed by atoms with Crippen LogP contribution in [0, 0.1) is 0 Å². The van der Waals surface area contributed by atoms with Crippen LogP contribution in [0.25, 0.3) is 10.9 Å². The van der Waals surface area contributed by atoms with Crippen molar-refractivity contribution < 1.29 is 9.59 Å². The van der Waals surface area contributed by atoms with Crippen molar-refractivity contribution >= 4 is 23.1 Å². The number of pyridine rings is 1. The lowest BCUT2D eigenvalue weighted by Gasteiger charge is -2.30. The minimum atomic E-state index is 0.0672. The Kier molecular flexibility index (Phi) is 3.17. The minimum absolute atomic E-state index is 0.0672. The van der Waals surface area contributed by atoms with Crippen molar-refractivity contribution in [1.82, 2.24) is 9.88 Å². The van der Waals surface area contributed by atoms with Crippen molar-refractivity contribution in [2.75, 3.05) is 0 Å².